The van der Waals surface area contributed by atoms with Gasteiger partial charge in [-0.1, -0.05) is 57.2 Å². The molecule has 5 nitrogen and oxygen atoms in total. The van der Waals surface area contributed by atoms with Gasteiger partial charge >= 0.3 is 0 Å². The largest absolute Gasteiger partial charge is 0.350 e. The summed E-state index contributed by atoms with van der Waals surface area (Å²) in [5.74, 6) is -0.365. The third-order valence-electron chi connectivity index (χ3n) is 4.27. The Hall–Kier alpha value is -3.28. The molecule has 28 heavy (non-hydrogen) atoms. The van der Waals surface area contributed by atoms with E-state index < -0.39 is 0 Å². The van der Waals surface area contributed by atoms with Gasteiger partial charge in [0.2, 0.25) is 5.95 Å². The van der Waals surface area contributed by atoms with Crippen molar-refractivity contribution in [3.05, 3.63) is 83.4 Å². The lowest BCUT2D eigenvalue weighted by Gasteiger charge is -2.22. The van der Waals surface area contributed by atoms with Crippen LogP contribution >= 0.6 is 0 Å². The predicted molar refractivity (Wildman–Crippen MR) is 109 cm³/mol. The Morgan fingerprint density at radius 2 is 1.75 bits per heavy atom. The van der Waals surface area contributed by atoms with Crippen molar-refractivity contribution in [3.63, 3.8) is 0 Å². The van der Waals surface area contributed by atoms with Crippen LogP contribution in [0.25, 0.3) is 0 Å². The molecule has 3 rings (SSSR count). The van der Waals surface area contributed by atoms with E-state index in [1.54, 1.807) is 24.3 Å². The first-order valence-electron chi connectivity index (χ1n) is 9.06. The number of hydrogen-bond acceptors (Lipinski definition) is 4. The number of carbonyl (C=O) groups excluding carboxylic acids is 1. The fourth-order valence-corrected chi connectivity index (χ4v) is 2.82. The van der Waals surface area contributed by atoms with Crippen molar-refractivity contribution in [2.24, 2.45) is 0 Å². The molecule has 0 aliphatic carbocycles. The zero-order valence-corrected chi connectivity index (χ0v) is 16.2. The van der Waals surface area contributed by atoms with Crippen LogP contribution in [0, 0.1) is 5.82 Å². The number of carbonyl (C=O) groups is 1. The van der Waals surface area contributed by atoms with Gasteiger partial charge in [-0.3, -0.25) is 4.79 Å². The number of amides is 1. The summed E-state index contributed by atoms with van der Waals surface area (Å²) in [4.78, 5) is 21.0. The summed E-state index contributed by atoms with van der Waals surface area (Å²) in [6.07, 6.45) is 1.50. The van der Waals surface area contributed by atoms with E-state index in [4.69, 9.17) is 0 Å². The Morgan fingerprint density at radius 3 is 2.50 bits per heavy atom. The smallest absolute Gasteiger partial charge is 0.274 e. The van der Waals surface area contributed by atoms with Crippen LogP contribution in [-0.2, 0) is 12.0 Å². The number of nitrogens with zero attached hydrogens (tertiary/aromatic N) is 2. The number of anilines is 2. The molecule has 1 aromatic heterocycles. The molecule has 1 amide bonds. The summed E-state index contributed by atoms with van der Waals surface area (Å²) in [6, 6.07) is 15.7. The van der Waals surface area contributed by atoms with Gasteiger partial charge in [0.1, 0.15) is 11.5 Å². The fraction of sp³-hybridized carbons (Fsp3) is 0.227. The minimum Gasteiger partial charge on any atom is -0.350 e. The van der Waals surface area contributed by atoms with E-state index in [0.29, 0.717) is 5.56 Å². The Balaban J connectivity index is 1.74. The molecule has 0 unspecified atom stereocenters. The summed E-state index contributed by atoms with van der Waals surface area (Å²) < 4.78 is 13.7. The van der Waals surface area contributed by atoms with Gasteiger partial charge in [-0.05, 0) is 29.2 Å². The first-order chi connectivity index (χ1) is 13.3. The molecule has 0 aliphatic rings. The average molecular weight is 378 g/mol. The molecule has 144 valence electrons. The first-order valence-corrected chi connectivity index (χ1v) is 9.06. The molecule has 0 bridgehead atoms. The van der Waals surface area contributed by atoms with Gasteiger partial charge in [-0.15, -0.1) is 0 Å². The topological polar surface area (TPSA) is 66.9 Å². The molecule has 0 spiro atoms. The van der Waals surface area contributed by atoms with E-state index in [1.165, 1.54) is 12.3 Å². The zero-order chi connectivity index (χ0) is 20.1. The second-order valence-corrected chi connectivity index (χ2v) is 7.46. The molecule has 1 heterocycles. The van der Waals surface area contributed by atoms with Crippen molar-refractivity contribution in [2.45, 2.75) is 32.7 Å². The van der Waals surface area contributed by atoms with Gasteiger partial charge in [0.25, 0.3) is 5.91 Å². The van der Waals surface area contributed by atoms with E-state index in [9.17, 15) is 9.18 Å². The lowest BCUT2D eigenvalue weighted by atomic mass is 9.86. The van der Waals surface area contributed by atoms with Crippen LogP contribution in [0.3, 0.4) is 0 Å². The van der Waals surface area contributed by atoms with Crippen molar-refractivity contribution in [2.75, 3.05) is 10.6 Å². The van der Waals surface area contributed by atoms with Crippen molar-refractivity contribution in [1.29, 1.82) is 0 Å². The zero-order valence-electron chi connectivity index (χ0n) is 16.2. The Bertz CT molecular complexity index is 982. The Kier molecular flexibility index (Phi) is 5.68. The average Bonchev–Trinajstić information content (AvgIpc) is 2.67. The maximum atomic E-state index is 13.7. The summed E-state index contributed by atoms with van der Waals surface area (Å²) in [5.41, 5.74) is 2.41. The second kappa shape index (κ2) is 8.17. The van der Waals surface area contributed by atoms with E-state index in [-0.39, 0.29) is 35.3 Å². The molecule has 3 aromatic rings. The Labute approximate surface area is 164 Å². The fourth-order valence-electron chi connectivity index (χ4n) is 2.82. The lowest BCUT2D eigenvalue weighted by Crippen LogP contribution is -2.20. The molecule has 2 N–H and O–H groups in total. The van der Waals surface area contributed by atoms with Gasteiger partial charge in [0.05, 0.1) is 0 Å². The maximum absolute atomic E-state index is 13.7. The second-order valence-electron chi connectivity index (χ2n) is 7.46. The highest BCUT2D eigenvalue weighted by Gasteiger charge is 2.19. The molecule has 0 fully saturated rings. The normalized spacial score (nSPS) is 11.1. The molecule has 0 radical (unpaired) electrons. The van der Waals surface area contributed by atoms with Crippen LogP contribution in [0.2, 0.25) is 0 Å². The molecule has 0 atom stereocenters. The lowest BCUT2D eigenvalue weighted by molar-refractivity contribution is 0.102. The van der Waals surface area contributed by atoms with E-state index in [1.807, 2.05) is 24.3 Å². The molecule has 0 saturated heterocycles. The van der Waals surface area contributed by atoms with Gasteiger partial charge in [-0.25, -0.2) is 14.4 Å². The quantitative estimate of drug-likeness (QED) is 0.671. The minimum atomic E-state index is -0.326. The third-order valence-corrected chi connectivity index (χ3v) is 4.27. The Morgan fingerprint density at radius 1 is 1.04 bits per heavy atom. The molecule has 0 saturated carbocycles. The SMILES string of the molecule is CC(C)(C)c1ccccc1NC(=O)c1ccnc(NCc2ccccc2F)n1. The highest BCUT2D eigenvalue weighted by Crippen LogP contribution is 2.29. The molecule has 0 aliphatic heterocycles. The highest BCUT2D eigenvalue weighted by atomic mass is 19.1. The molecular weight excluding hydrogens is 355 g/mol. The maximum Gasteiger partial charge on any atom is 0.274 e. The predicted octanol–water partition coefficient (Wildman–Crippen LogP) is 4.78. The van der Waals surface area contributed by atoms with Gasteiger partial charge in [-0.2, -0.15) is 0 Å². The molecule has 2 aromatic carbocycles. The summed E-state index contributed by atoms with van der Waals surface area (Å²) in [5, 5.41) is 5.88. The number of para-hydroxylation sites is 1. The minimum absolute atomic E-state index is 0.109. The van der Waals surface area contributed by atoms with Gasteiger partial charge in [0.15, 0.2) is 0 Å². The summed E-state index contributed by atoms with van der Waals surface area (Å²) >= 11 is 0. The van der Waals surface area contributed by atoms with Gasteiger partial charge in [0, 0.05) is 24.0 Å². The number of hydrogen-bond donors (Lipinski definition) is 2. The van der Waals surface area contributed by atoms with Crippen molar-refractivity contribution >= 4 is 17.5 Å². The molecular formula is C22H23FN4O. The van der Waals surface area contributed by atoms with E-state index in [2.05, 4.69) is 41.4 Å². The van der Waals surface area contributed by atoms with Crippen molar-refractivity contribution in [3.8, 4) is 0 Å². The van der Waals surface area contributed by atoms with E-state index >= 15 is 0 Å². The first kappa shape index (κ1) is 19.5. The van der Waals surface area contributed by atoms with Crippen molar-refractivity contribution < 1.29 is 9.18 Å². The monoisotopic (exact) mass is 378 g/mol. The van der Waals surface area contributed by atoms with Crippen LogP contribution in [0.4, 0.5) is 16.0 Å². The van der Waals surface area contributed by atoms with Crippen LogP contribution in [-0.4, -0.2) is 15.9 Å². The number of rotatable bonds is 5. The third kappa shape index (κ3) is 4.71. The van der Waals surface area contributed by atoms with Crippen LogP contribution < -0.4 is 10.6 Å². The molecule has 6 heteroatoms. The van der Waals surface area contributed by atoms with Crippen LogP contribution in [0.1, 0.15) is 42.4 Å². The van der Waals surface area contributed by atoms with Crippen molar-refractivity contribution in [1.82, 2.24) is 9.97 Å². The van der Waals surface area contributed by atoms with Gasteiger partial charge < -0.3 is 10.6 Å². The highest BCUT2D eigenvalue weighted by molar-refractivity contribution is 6.03. The van der Waals surface area contributed by atoms with E-state index in [0.717, 1.165) is 11.3 Å². The number of benzene rings is 2. The number of halogens is 1. The summed E-state index contributed by atoms with van der Waals surface area (Å²) in [6.45, 7) is 6.50. The summed E-state index contributed by atoms with van der Waals surface area (Å²) in [7, 11) is 0. The van der Waals surface area contributed by atoms with Crippen LogP contribution in [0.5, 0.6) is 0 Å². The standard InChI is InChI=1S/C22H23FN4O/c1-22(2,3)16-9-5-7-11-18(16)26-20(28)19-12-13-24-21(27-19)25-14-15-8-4-6-10-17(15)23/h4-13H,14H2,1-3H3,(H,26,28)(H,24,25,27). The van der Waals surface area contributed by atoms with Crippen LogP contribution in [0.15, 0.2) is 60.8 Å². The number of nitrogens with one attached hydrogen (secondary N) is 2. The number of aromatic nitrogens is 2.